The first-order valence-electron chi connectivity index (χ1n) is 9.52. The first-order valence-corrected chi connectivity index (χ1v) is 9.52. The Kier molecular flexibility index (Phi) is 4.16. The first-order chi connectivity index (χ1) is 9.98. The van der Waals surface area contributed by atoms with Gasteiger partial charge in [-0.3, -0.25) is 0 Å². The molecule has 4 fully saturated rings. The van der Waals surface area contributed by atoms with E-state index in [1.165, 1.54) is 77.0 Å². The van der Waals surface area contributed by atoms with Crippen LogP contribution in [0.4, 0.5) is 0 Å². The lowest BCUT2D eigenvalue weighted by Crippen LogP contribution is -2.75. The largest absolute Gasteiger partial charge is 0.326 e. The summed E-state index contributed by atoms with van der Waals surface area (Å²) in [7, 11) is 0. The molecule has 122 valence electrons. The summed E-state index contributed by atoms with van der Waals surface area (Å²) in [6.07, 6.45) is 16.1. The normalized spacial score (nSPS) is 48.0. The van der Waals surface area contributed by atoms with E-state index in [1.54, 1.807) is 0 Å². The van der Waals surface area contributed by atoms with Gasteiger partial charge in [0, 0.05) is 11.6 Å². The van der Waals surface area contributed by atoms with Crippen LogP contribution in [0.25, 0.3) is 0 Å². The maximum absolute atomic E-state index is 6.89. The van der Waals surface area contributed by atoms with Crippen LogP contribution in [0.2, 0.25) is 0 Å². The van der Waals surface area contributed by atoms with Crippen molar-refractivity contribution in [3.8, 4) is 0 Å². The minimum absolute atomic E-state index is 0.0423. The highest BCUT2D eigenvalue weighted by molar-refractivity contribution is 5.21. The lowest BCUT2D eigenvalue weighted by atomic mass is 9.39. The number of rotatable bonds is 7. The summed E-state index contributed by atoms with van der Waals surface area (Å²) < 4.78 is 0. The quantitative estimate of drug-likeness (QED) is 0.685. The minimum Gasteiger partial charge on any atom is -0.326 e. The van der Waals surface area contributed by atoms with Crippen molar-refractivity contribution in [1.29, 1.82) is 0 Å². The van der Waals surface area contributed by atoms with E-state index in [2.05, 4.69) is 13.8 Å². The Morgan fingerprint density at radius 1 is 0.905 bits per heavy atom. The van der Waals surface area contributed by atoms with E-state index in [-0.39, 0.29) is 11.6 Å². The summed E-state index contributed by atoms with van der Waals surface area (Å²) >= 11 is 0. The van der Waals surface area contributed by atoms with E-state index in [0.29, 0.717) is 10.8 Å². The van der Waals surface area contributed by atoms with Gasteiger partial charge >= 0.3 is 0 Å². The zero-order chi connectivity index (χ0) is 15.1. The Morgan fingerprint density at radius 3 is 2.38 bits per heavy atom. The fraction of sp³-hybridized carbons (Fsp3) is 1.00. The van der Waals surface area contributed by atoms with Crippen molar-refractivity contribution >= 4 is 0 Å². The van der Waals surface area contributed by atoms with Crippen LogP contribution in [0.5, 0.6) is 0 Å². The molecule has 5 unspecified atom stereocenters. The average Bonchev–Trinajstić information content (AvgIpc) is 2.42. The summed E-state index contributed by atoms with van der Waals surface area (Å²) in [5.41, 5.74) is 14.5. The van der Waals surface area contributed by atoms with Crippen LogP contribution in [0.15, 0.2) is 0 Å². The maximum Gasteiger partial charge on any atom is 0.0321 e. The number of unbranched alkanes of at least 4 members (excludes halogenated alkanes) is 3. The van der Waals surface area contributed by atoms with E-state index in [0.717, 1.165) is 5.92 Å². The molecule has 0 radical (unpaired) electrons. The van der Waals surface area contributed by atoms with E-state index in [4.69, 9.17) is 11.5 Å². The Labute approximate surface area is 131 Å². The standard InChI is InChI=1S/C19H36N2/c1-3-5-7-8-17-10-15-11-18(13-17,9-6-4-2)16(20)19(21,12-15)14-17/h15-16H,3-14,20-21H2,1-2H3. The molecule has 4 aliphatic rings. The number of hydrogen-bond acceptors (Lipinski definition) is 2. The van der Waals surface area contributed by atoms with Gasteiger partial charge in [-0.25, -0.2) is 0 Å². The van der Waals surface area contributed by atoms with E-state index < -0.39 is 0 Å². The van der Waals surface area contributed by atoms with Crippen molar-refractivity contribution in [2.24, 2.45) is 28.2 Å². The first kappa shape index (κ1) is 15.8. The van der Waals surface area contributed by atoms with Crippen LogP contribution in [0.3, 0.4) is 0 Å². The van der Waals surface area contributed by atoms with Crippen LogP contribution in [-0.4, -0.2) is 11.6 Å². The minimum atomic E-state index is -0.0423. The zero-order valence-corrected chi connectivity index (χ0v) is 14.3. The summed E-state index contributed by atoms with van der Waals surface area (Å²) in [5.74, 6) is 0.871. The molecule has 4 rings (SSSR count). The van der Waals surface area contributed by atoms with Crippen LogP contribution in [-0.2, 0) is 0 Å². The summed E-state index contributed by atoms with van der Waals surface area (Å²) in [6.45, 7) is 4.62. The molecule has 4 N–H and O–H groups in total. The van der Waals surface area contributed by atoms with Gasteiger partial charge in [0.05, 0.1) is 0 Å². The molecule has 2 nitrogen and oxygen atoms in total. The van der Waals surface area contributed by atoms with Crippen molar-refractivity contribution in [2.45, 2.75) is 102 Å². The maximum atomic E-state index is 6.89. The smallest absolute Gasteiger partial charge is 0.0321 e. The second kappa shape index (κ2) is 5.53. The Hall–Kier alpha value is -0.0800. The van der Waals surface area contributed by atoms with Crippen molar-refractivity contribution in [1.82, 2.24) is 0 Å². The molecule has 2 heteroatoms. The molecular weight excluding hydrogens is 256 g/mol. The van der Waals surface area contributed by atoms with Gasteiger partial charge in [-0.15, -0.1) is 0 Å². The lowest BCUT2D eigenvalue weighted by molar-refractivity contribution is -0.144. The third kappa shape index (κ3) is 2.57. The summed E-state index contributed by atoms with van der Waals surface area (Å²) in [4.78, 5) is 0. The highest BCUT2D eigenvalue weighted by atomic mass is 14.9. The molecule has 0 aromatic rings. The monoisotopic (exact) mass is 292 g/mol. The Balaban J connectivity index is 1.82. The third-order valence-electron chi connectivity index (χ3n) is 7.13. The molecule has 0 spiro atoms. The molecule has 0 aliphatic heterocycles. The molecule has 5 atom stereocenters. The molecule has 0 saturated heterocycles. The number of nitrogens with two attached hydrogens (primary N) is 2. The number of hydrogen-bond donors (Lipinski definition) is 2. The van der Waals surface area contributed by atoms with Gasteiger partial charge in [0.1, 0.15) is 0 Å². The van der Waals surface area contributed by atoms with Gasteiger partial charge in [0.15, 0.2) is 0 Å². The summed E-state index contributed by atoms with van der Waals surface area (Å²) in [5, 5.41) is 0. The van der Waals surface area contributed by atoms with Crippen molar-refractivity contribution in [3.63, 3.8) is 0 Å². The van der Waals surface area contributed by atoms with E-state index >= 15 is 0 Å². The molecule has 0 amide bonds. The molecule has 0 aromatic heterocycles. The van der Waals surface area contributed by atoms with E-state index in [1.807, 2.05) is 0 Å². The lowest BCUT2D eigenvalue weighted by Gasteiger charge is -2.69. The average molecular weight is 293 g/mol. The zero-order valence-electron chi connectivity index (χ0n) is 14.3. The SMILES string of the molecule is CCCCCC12CC3CC(N)(C1)C(N)C(CCCC)(C3)C2. The Bertz CT molecular complexity index is 382. The van der Waals surface area contributed by atoms with E-state index in [9.17, 15) is 0 Å². The van der Waals surface area contributed by atoms with Crippen LogP contribution in [0.1, 0.15) is 90.9 Å². The fourth-order valence-electron chi connectivity index (χ4n) is 6.72. The van der Waals surface area contributed by atoms with Crippen molar-refractivity contribution in [3.05, 3.63) is 0 Å². The molecule has 4 bridgehead atoms. The fourth-order valence-corrected chi connectivity index (χ4v) is 6.72. The topological polar surface area (TPSA) is 52.0 Å². The van der Waals surface area contributed by atoms with Gasteiger partial charge in [0.2, 0.25) is 0 Å². The van der Waals surface area contributed by atoms with Gasteiger partial charge in [-0.1, -0.05) is 46.0 Å². The highest BCUT2D eigenvalue weighted by Gasteiger charge is 2.65. The molecule has 0 aromatic carbocycles. The van der Waals surface area contributed by atoms with Crippen LogP contribution < -0.4 is 11.5 Å². The second-order valence-corrected chi connectivity index (χ2v) is 8.97. The van der Waals surface area contributed by atoms with Crippen molar-refractivity contribution in [2.75, 3.05) is 0 Å². The predicted octanol–water partition coefficient (Wildman–Crippen LogP) is 4.36. The van der Waals surface area contributed by atoms with Gasteiger partial charge in [-0.2, -0.15) is 0 Å². The molecule has 0 heterocycles. The molecular formula is C19H36N2. The summed E-state index contributed by atoms with van der Waals surface area (Å²) in [6, 6.07) is 0.257. The molecule has 21 heavy (non-hydrogen) atoms. The van der Waals surface area contributed by atoms with Crippen LogP contribution >= 0.6 is 0 Å². The Morgan fingerprint density at radius 2 is 1.67 bits per heavy atom. The third-order valence-corrected chi connectivity index (χ3v) is 7.13. The molecule has 4 aliphatic carbocycles. The van der Waals surface area contributed by atoms with Crippen LogP contribution in [0, 0.1) is 16.7 Å². The van der Waals surface area contributed by atoms with Gasteiger partial charge in [-0.05, 0) is 61.7 Å². The highest BCUT2D eigenvalue weighted by Crippen LogP contribution is 2.68. The predicted molar refractivity (Wildman–Crippen MR) is 90.0 cm³/mol. The van der Waals surface area contributed by atoms with Crippen molar-refractivity contribution < 1.29 is 0 Å². The second-order valence-electron chi connectivity index (χ2n) is 8.97. The van der Waals surface area contributed by atoms with Gasteiger partial charge < -0.3 is 11.5 Å². The van der Waals surface area contributed by atoms with Gasteiger partial charge in [0.25, 0.3) is 0 Å². The molecule has 4 saturated carbocycles.